The topological polar surface area (TPSA) is 251 Å². The highest BCUT2D eigenvalue weighted by Crippen LogP contribution is 2.17. The molecule has 398 valence electrons. The standard InChI is InChI=1S/C51H93N7O11/c1-3-4-5-6-7-8-9-10-11-12-13-14-15-16-17-23-48(61)55-26-31-66-34-36-69-41-51(64)57-28-30-65-29-21-19-24-49(62)56-27-32-67-33-35-68-40-50(63)54-25-20-18-22-44(43(2)59)37-47(60)46(52)38-45-39-53-42-58-45/h39,42,44,46H,3-38,40-41,52H2,1-2H3,(H,53,58)(H,54,63)(H,55,61)(H,56,62)(H,57,64)/t44-,46+/m1/s1. The Morgan fingerprint density at radius 2 is 0.986 bits per heavy atom. The number of H-pyrrole nitrogens is 1. The highest BCUT2D eigenvalue weighted by atomic mass is 16.5. The van der Waals surface area contributed by atoms with Crippen molar-refractivity contribution in [3.8, 4) is 0 Å². The lowest BCUT2D eigenvalue weighted by Crippen LogP contribution is -2.35. The van der Waals surface area contributed by atoms with Crippen molar-refractivity contribution < 1.29 is 52.5 Å². The molecule has 0 saturated carbocycles. The molecule has 0 aliphatic carbocycles. The average molecular weight is 980 g/mol. The average Bonchev–Trinajstić information content (AvgIpc) is 3.85. The Hall–Kier alpha value is -3.81. The number of nitrogens with zero attached hydrogens (tertiary/aromatic N) is 1. The molecule has 0 unspecified atom stereocenters. The number of carbonyl (C=O) groups excluding carboxylic acids is 6. The SMILES string of the molecule is CCCCCCCCCCCCCCCCCC(=O)NCCOCCOCC(=O)NCCOCCCCC(=O)NCCOCCOCC(=O)NCCCC[C@H](CC(=O)[C@@H](N)Cc1cnc[nH]1)C(C)=O. The number of unbranched alkanes of at least 4 members (excludes halogenated alkanes) is 16. The van der Waals surface area contributed by atoms with Gasteiger partial charge in [0.05, 0.1) is 58.6 Å². The van der Waals surface area contributed by atoms with Crippen LogP contribution in [0.15, 0.2) is 12.5 Å². The minimum absolute atomic E-state index is 0.0494. The normalized spacial score (nSPS) is 12.1. The predicted molar refractivity (Wildman–Crippen MR) is 267 cm³/mol. The number of ketones is 2. The van der Waals surface area contributed by atoms with Crippen LogP contribution in [0.3, 0.4) is 0 Å². The summed E-state index contributed by atoms with van der Waals surface area (Å²) in [6, 6.07) is -0.697. The van der Waals surface area contributed by atoms with E-state index >= 15 is 0 Å². The number of nitrogens with one attached hydrogen (secondary N) is 5. The number of imidazole rings is 1. The summed E-state index contributed by atoms with van der Waals surface area (Å²) in [6.45, 7) is 7.88. The van der Waals surface area contributed by atoms with E-state index in [4.69, 9.17) is 29.4 Å². The van der Waals surface area contributed by atoms with E-state index in [9.17, 15) is 28.8 Å². The number of amides is 4. The molecule has 7 N–H and O–H groups in total. The number of ether oxygens (including phenoxy) is 5. The van der Waals surface area contributed by atoms with Crippen LogP contribution in [0, 0.1) is 5.92 Å². The molecule has 2 atom stereocenters. The van der Waals surface area contributed by atoms with Gasteiger partial charge in [-0.3, -0.25) is 28.8 Å². The molecule has 18 nitrogen and oxygen atoms in total. The van der Waals surface area contributed by atoms with Crippen LogP contribution < -0.4 is 27.0 Å². The number of aromatic nitrogens is 2. The van der Waals surface area contributed by atoms with E-state index < -0.39 is 12.0 Å². The number of rotatable bonds is 51. The van der Waals surface area contributed by atoms with Gasteiger partial charge in [0, 0.05) is 76.3 Å². The molecule has 1 aromatic rings. The number of aromatic amines is 1. The maximum atomic E-state index is 12.5. The highest BCUT2D eigenvalue weighted by Gasteiger charge is 2.23. The van der Waals surface area contributed by atoms with E-state index in [0.717, 1.165) is 18.5 Å². The van der Waals surface area contributed by atoms with Crippen molar-refractivity contribution in [2.24, 2.45) is 11.7 Å². The smallest absolute Gasteiger partial charge is 0.246 e. The molecule has 1 heterocycles. The second-order valence-electron chi connectivity index (χ2n) is 17.9. The molecular formula is C51H93N7O11. The van der Waals surface area contributed by atoms with Crippen LogP contribution in [0.4, 0.5) is 0 Å². The van der Waals surface area contributed by atoms with Crippen molar-refractivity contribution in [2.45, 2.75) is 174 Å². The highest BCUT2D eigenvalue weighted by molar-refractivity contribution is 5.89. The third-order valence-corrected chi connectivity index (χ3v) is 11.6. The van der Waals surface area contributed by atoms with Gasteiger partial charge in [0.15, 0.2) is 5.78 Å². The summed E-state index contributed by atoms with van der Waals surface area (Å²) >= 11 is 0. The van der Waals surface area contributed by atoms with Crippen molar-refractivity contribution >= 4 is 35.2 Å². The van der Waals surface area contributed by atoms with Crippen LogP contribution >= 0.6 is 0 Å². The molecule has 4 amide bonds. The van der Waals surface area contributed by atoms with Gasteiger partial charge in [0.1, 0.15) is 19.0 Å². The fraction of sp³-hybridized carbons (Fsp3) is 0.824. The molecule has 0 spiro atoms. The summed E-state index contributed by atoms with van der Waals surface area (Å²) in [5.41, 5.74) is 6.79. The Morgan fingerprint density at radius 3 is 1.48 bits per heavy atom. The fourth-order valence-corrected chi connectivity index (χ4v) is 7.42. The van der Waals surface area contributed by atoms with Crippen molar-refractivity contribution in [3.05, 3.63) is 18.2 Å². The molecule has 0 bridgehead atoms. The molecule has 0 fully saturated rings. The van der Waals surface area contributed by atoms with E-state index in [2.05, 4.69) is 38.2 Å². The number of carbonyl (C=O) groups is 6. The lowest BCUT2D eigenvalue weighted by molar-refractivity contribution is -0.127. The Morgan fingerprint density at radius 1 is 0.536 bits per heavy atom. The summed E-state index contributed by atoms with van der Waals surface area (Å²) in [7, 11) is 0. The number of nitrogens with two attached hydrogens (primary N) is 1. The molecule has 0 radical (unpaired) electrons. The van der Waals surface area contributed by atoms with E-state index in [1.54, 1.807) is 6.20 Å². The van der Waals surface area contributed by atoms with Gasteiger partial charge in [-0.2, -0.15) is 0 Å². The zero-order chi connectivity index (χ0) is 50.3. The van der Waals surface area contributed by atoms with Gasteiger partial charge in [-0.05, 0) is 39.0 Å². The summed E-state index contributed by atoms with van der Waals surface area (Å²) in [6.07, 6.45) is 27.4. The summed E-state index contributed by atoms with van der Waals surface area (Å²) < 4.78 is 27.2. The molecule has 0 saturated heterocycles. The molecular weight excluding hydrogens is 887 g/mol. The van der Waals surface area contributed by atoms with Gasteiger partial charge in [0.2, 0.25) is 23.6 Å². The maximum absolute atomic E-state index is 12.5. The van der Waals surface area contributed by atoms with Gasteiger partial charge >= 0.3 is 0 Å². The maximum Gasteiger partial charge on any atom is 0.246 e. The van der Waals surface area contributed by atoms with Gasteiger partial charge in [-0.15, -0.1) is 0 Å². The quantitative estimate of drug-likeness (QED) is 0.0436. The third-order valence-electron chi connectivity index (χ3n) is 11.6. The minimum atomic E-state index is -0.697. The fourth-order valence-electron chi connectivity index (χ4n) is 7.42. The van der Waals surface area contributed by atoms with Crippen LogP contribution in [-0.2, 0) is 58.9 Å². The number of Topliss-reactive ketones (excluding diaryl/α,β-unsaturated/α-hetero) is 2. The zero-order valence-corrected chi connectivity index (χ0v) is 42.7. The Bertz CT molecular complexity index is 1440. The lowest BCUT2D eigenvalue weighted by Gasteiger charge is -2.16. The van der Waals surface area contributed by atoms with E-state index in [-0.39, 0.29) is 74.7 Å². The number of hydrogen-bond donors (Lipinski definition) is 6. The van der Waals surface area contributed by atoms with Gasteiger partial charge < -0.3 is 55.7 Å². The first-order valence-electron chi connectivity index (χ1n) is 26.3. The first-order chi connectivity index (χ1) is 33.6. The van der Waals surface area contributed by atoms with Crippen molar-refractivity contribution in [2.75, 3.05) is 92.2 Å². The van der Waals surface area contributed by atoms with E-state index in [0.29, 0.717) is 111 Å². The molecule has 0 aliphatic heterocycles. The largest absolute Gasteiger partial charge is 0.380 e. The van der Waals surface area contributed by atoms with Crippen LogP contribution in [0.5, 0.6) is 0 Å². The molecule has 18 heteroatoms. The summed E-state index contributed by atoms with van der Waals surface area (Å²) in [4.78, 5) is 79.7. The molecule has 1 rings (SSSR count). The Kier molecular flexibility index (Phi) is 42.7. The van der Waals surface area contributed by atoms with Gasteiger partial charge in [-0.25, -0.2) is 4.98 Å². The molecule has 0 aromatic carbocycles. The zero-order valence-electron chi connectivity index (χ0n) is 42.7. The minimum Gasteiger partial charge on any atom is -0.380 e. The second-order valence-corrected chi connectivity index (χ2v) is 17.9. The molecule has 1 aromatic heterocycles. The van der Waals surface area contributed by atoms with Crippen molar-refractivity contribution in [3.63, 3.8) is 0 Å². The number of hydrogen-bond acceptors (Lipinski definition) is 13. The molecule has 0 aliphatic rings. The van der Waals surface area contributed by atoms with Crippen LogP contribution in [0.1, 0.15) is 167 Å². The van der Waals surface area contributed by atoms with Crippen molar-refractivity contribution in [1.29, 1.82) is 0 Å². The van der Waals surface area contributed by atoms with E-state index in [1.807, 2.05) is 0 Å². The van der Waals surface area contributed by atoms with Crippen LogP contribution in [-0.4, -0.2) is 143 Å². The summed E-state index contributed by atoms with van der Waals surface area (Å²) in [5.74, 6) is -1.10. The predicted octanol–water partition coefficient (Wildman–Crippen LogP) is 5.59. The molecule has 69 heavy (non-hydrogen) atoms. The lowest BCUT2D eigenvalue weighted by atomic mass is 9.90. The first kappa shape index (κ1) is 63.2. The van der Waals surface area contributed by atoms with Gasteiger partial charge in [-0.1, -0.05) is 103 Å². The Labute approximate surface area is 413 Å². The summed E-state index contributed by atoms with van der Waals surface area (Å²) in [5, 5.41) is 11.2. The second kappa shape index (κ2) is 46.6. The van der Waals surface area contributed by atoms with Crippen LogP contribution in [0.2, 0.25) is 0 Å². The van der Waals surface area contributed by atoms with Crippen LogP contribution in [0.25, 0.3) is 0 Å². The van der Waals surface area contributed by atoms with Crippen molar-refractivity contribution in [1.82, 2.24) is 31.2 Å². The Balaban J connectivity index is 1.81. The van der Waals surface area contributed by atoms with E-state index in [1.165, 1.54) is 96.7 Å². The van der Waals surface area contributed by atoms with Gasteiger partial charge in [0.25, 0.3) is 0 Å². The third kappa shape index (κ3) is 41.7. The first-order valence-corrected chi connectivity index (χ1v) is 26.3. The monoisotopic (exact) mass is 980 g/mol.